The van der Waals surface area contributed by atoms with Gasteiger partial charge in [0.2, 0.25) is 11.9 Å². The Hall–Kier alpha value is -4.37. The van der Waals surface area contributed by atoms with Gasteiger partial charge in [-0.3, -0.25) is 4.79 Å². The summed E-state index contributed by atoms with van der Waals surface area (Å²) in [4.78, 5) is 26.2. The Balaban J connectivity index is 1.54. The highest BCUT2D eigenvalue weighted by Crippen LogP contribution is 2.39. The van der Waals surface area contributed by atoms with E-state index in [4.69, 9.17) is 9.97 Å². The van der Waals surface area contributed by atoms with E-state index in [0.29, 0.717) is 11.6 Å². The van der Waals surface area contributed by atoms with Crippen LogP contribution in [0.15, 0.2) is 61.2 Å². The lowest BCUT2D eigenvalue weighted by Gasteiger charge is -2.34. The molecule has 4 N–H and O–H groups in total. The quantitative estimate of drug-likeness (QED) is 0.250. The zero-order chi connectivity index (χ0) is 27.5. The van der Waals surface area contributed by atoms with Gasteiger partial charge in [-0.05, 0) is 62.4 Å². The molecule has 1 aromatic heterocycles. The standard InChI is InChI=1S/C30H35N7O2/c1-5-20-16-19(3)31-29-27(20)28(21-8-7-9-22(17-21)32-26(39)6-2)34-30(35-29)33-23-10-11-25(38)24(18-23)37-14-12-36(4)13-15-37/h6-11,16-19,38H,2,5,12-15H2,1,3-4H3,(H,32,39)(H2,31,33,34,35). The van der Waals surface area contributed by atoms with Gasteiger partial charge in [-0.25, -0.2) is 4.98 Å². The number of nitrogens with zero attached hydrogens (tertiary/aromatic N) is 4. The zero-order valence-electron chi connectivity index (χ0n) is 22.7. The zero-order valence-corrected chi connectivity index (χ0v) is 22.7. The first-order chi connectivity index (χ1) is 18.8. The monoisotopic (exact) mass is 525 g/mol. The summed E-state index contributed by atoms with van der Waals surface area (Å²) >= 11 is 0. The number of amides is 1. The second-order valence-corrected chi connectivity index (χ2v) is 9.99. The number of likely N-dealkylation sites (N-methyl/N-ethyl adjacent to an activating group) is 1. The lowest BCUT2D eigenvalue weighted by molar-refractivity contribution is -0.111. The summed E-state index contributed by atoms with van der Waals surface area (Å²) < 4.78 is 0. The summed E-state index contributed by atoms with van der Waals surface area (Å²) in [5.74, 6) is 1.18. The Morgan fingerprint density at radius 1 is 1.15 bits per heavy atom. The number of carbonyl (C=O) groups excluding carboxylic acids is 1. The molecule has 2 aliphatic rings. The Morgan fingerprint density at radius 3 is 2.69 bits per heavy atom. The number of hydrogen-bond acceptors (Lipinski definition) is 8. The number of aromatic nitrogens is 2. The van der Waals surface area contributed by atoms with Crippen molar-refractivity contribution in [3.8, 4) is 17.0 Å². The number of anilines is 5. The van der Waals surface area contributed by atoms with Crippen molar-refractivity contribution < 1.29 is 9.90 Å². The molecule has 3 aromatic rings. The molecule has 2 aliphatic heterocycles. The van der Waals surface area contributed by atoms with Crippen molar-refractivity contribution in [1.82, 2.24) is 14.9 Å². The fourth-order valence-corrected chi connectivity index (χ4v) is 5.04. The number of piperazine rings is 1. The molecule has 2 aromatic carbocycles. The summed E-state index contributed by atoms with van der Waals surface area (Å²) in [7, 11) is 2.11. The molecule has 0 radical (unpaired) electrons. The second-order valence-electron chi connectivity index (χ2n) is 9.99. The van der Waals surface area contributed by atoms with Gasteiger partial charge >= 0.3 is 0 Å². The average molecular weight is 526 g/mol. The molecule has 0 spiro atoms. The minimum Gasteiger partial charge on any atom is -0.506 e. The van der Waals surface area contributed by atoms with Gasteiger partial charge in [-0.2, -0.15) is 4.98 Å². The van der Waals surface area contributed by atoms with E-state index in [1.54, 1.807) is 6.07 Å². The number of nitrogens with one attached hydrogen (secondary N) is 3. The van der Waals surface area contributed by atoms with E-state index in [9.17, 15) is 9.90 Å². The number of fused-ring (bicyclic) bond motifs is 1. The van der Waals surface area contributed by atoms with Crippen molar-refractivity contribution in [3.63, 3.8) is 0 Å². The van der Waals surface area contributed by atoms with Gasteiger partial charge in [0.25, 0.3) is 0 Å². The van der Waals surface area contributed by atoms with E-state index in [-0.39, 0.29) is 17.7 Å². The maximum Gasteiger partial charge on any atom is 0.247 e. The van der Waals surface area contributed by atoms with Gasteiger partial charge in [-0.15, -0.1) is 0 Å². The molecule has 3 heterocycles. The third-order valence-corrected chi connectivity index (χ3v) is 7.09. The van der Waals surface area contributed by atoms with Crippen molar-refractivity contribution >= 4 is 40.3 Å². The van der Waals surface area contributed by atoms with Crippen LogP contribution in [-0.2, 0) is 4.79 Å². The number of hydrogen-bond donors (Lipinski definition) is 4. The average Bonchev–Trinajstić information content (AvgIpc) is 2.93. The van der Waals surface area contributed by atoms with Gasteiger partial charge in [0.1, 0.15) is 11.6 Å². The molecule has 0 bridgehead atoms. The highest BCUT2D eigenvalue weighted by molar-refractivity contribution is 5.99. The predicted octanol–water partition coefficient (Wildman–Crippen LogP) is 5.08. The van der Waals surface area contributed by atoms with Crippen LogP contribution in [0.5, 0.6) is 5.75 Å². The molecule has 9 nitrogen and oxygen atoms in total. The van der Waals surface area contributed by atoms with E-state index in [2.05, 4.69) is 59.3 Å². The highest BCUT2D eigenvalue weighted by atomic mass is 16.3. The highest BCUT2D eigenvalue weighted by Gasteiger charge is 2.24. The number of carbonyl (C=O) groups is 1. The molecule has 1 fully saturated rings. The summed E-state index contributed by atoms with van der Waals surface area (Å²) in [6.07, 6.45) is 4.29. The summed E-state index contributed by atoms with van der Waals surface area (Å²) in [6, 6.07) is 13.2. The normalized spacial score (nSPS) is 17.1. The van der Waals surface area contributed by atoms with Crippen LogP contribution >= 0.6 is 0 Å². The Bertz CT molecular complexity index is 1430. The molecule has 1 amide bonds. The maximum absolute atomic E-state index is 11.9. The topological polar surface area (TPSA) is 106 Å². The smallest absolute Gasteiger partial charge is 0.247 e. The molecule has 5 rings (SSSR count). The fraction of sp³-hybridized carbons (Fsp3) is 0.300. The van der Waals surface area contributed by atoms with Crippen LogP contribution in [0, 0.1) is 0 Å². The first kappa shape index (κ1) is 26.2. The SMILES string of the molecule is C=CC(=O)Nc1cccc(-c2nc(Nc3ccc(O)c(N4CCN(C)CC4)c3)nc3c2C(CC)=CC(C)N3)c1. The van der Waals surface area contributed by atoms with Crippen molar-refractivity contribution in [2.45, 2.75) is 26.3 Å². The first-order valence-electron chi connectivity index (χ1n) is 13.3. The Kier molecular flexibility index (Phi) is 7.51. The van der Waals surface area contributed by atoms with E-state index in [0.717, 1.165) is 66.6 Å². The molecule has 0 aliphatic carbocycles. The van der Waals surface area contributed by atoms with Crippen molar-refractivity contribution in [2.75, 3.05) is 54.1 Å². The van der Waals surface area contributed by atoms with E-state index >= 15 is 0 Å². The minimum atomic E-state index is -0.271. The van der Waals surface area contributed by atoms with Gasteiger partial charge in [0.05, 0.1) is 11.4 Å². The van der Waals surface area contributed by atoms with Crippen molar-refractivity contribution in [1.29, 1.82) is 0 Å². The molecule has 9 heteroatoms. The van der Waals surface area contributed by atoms with Crippen LogP contribution in [0.3, 0.4) is 0 Å². The summed E-state index contributed by atoms with van der Waals surface area (Å²) in [6.45, 7) is 11.3. The lowest BCUT2D eigenvalue weighted by Crippen LogP contribution is -2.44. The third-order valence-electron chi connectivity index (χ3n) is 7.09. The Morgan fingerprint density at radius 2 is 1.95 bits per heavy atom. The molecular weight excluding hydrogens is 490 g/mol. The van der Waals surface area contributed by atoms with E-state index in [1.807, 2.05) is 36.4 Å². The number of phenolic OH excluding ortho intramolecular Hbond substituents is 1. The number of phenols is 1. The molecule has 1 unspecified atom stereocenters. The van der Waals surface area contributed by atoms with Gasteiger partial charge in [0.15, 0.2) is 0 Å². The van der Waals surface area contributed by atoms with Crippen molar-refractivity contribution in [2.24, 2.45) is 0 Å². The number of allylic oxidation sites excluding steroid dienone is 1. The molecule has 202 valence electrons. The molecule has 1 atom stereocenters. The van der Waals surface area contributed by atoms with Crippen LogP contribution in [0.4, 0.5) is 28.8 Å². The van der Waals surface area contributed by atoms with Gasteiger partial charge in [-0.1, -0.05) is 31.7 Å². The van der Waals surface area contributed by atoms with Crippen LogP contribution in [0.2, 0.25) is 0 Å². The van der Waals surface area contributed by atoms with Crippen LogP contribution < -0.4 is 20.9 Å². The van der Waals surface area contributed by atoms with E-state index in [1.165, 1.54) is 11.6 Å². The second kappa shape index (κ2) is 11.2. The van der Waals surface area contributed by atoms with Gasteiger partial charge < -0.3 is 30.9 Å². The van der Waals surface area contributed by atoms with E-state index < -0.39 is 0 Å². The summed E-state index contributed by atoms with van der Waals surface area (Å²) in [5.41, 5.74) is 5.99. The van der Waals surface area contributed by atoms with Crippen LogP contribution in [0.25, 0.3) is 16.8 Å². The fourth-order valence-electron chi connectivity index (χ4n) is 5.04. The third kappa shape index (κ3) is 5.73. The number of benzene rings is 2. The minimum absolute atomic E-state index is 0.124. The lowest BCUT2D eigenvalue weighted by atomic mass is 9.93. The largest absolute Gasteiger partial charge is 0.506 e. The molecule has 0 saturated carbocycles. The number of rotatable bonds is 7. The maximum atomic E-state index is 11.9. The molecule has 1 saturated heterocycles. The predicted molar refractivity (Wildman–Crippen MR) is 159 cm³/mol. The number of aromatic hydroxyl groups is 1. The van der Waals surface area contributed by atoms with Crippen molar-refractivity contribution in [3.05, 3.63) is 66.8 Å². The van der Waals surface area contributed by atoms with Crippen LogP contribution in [0.1, 0.15) is 25.8 Å². The summed E-state index contributed by atoms with van der Waals surface area (Å²) in [5, 5.41) is 20.3. The first-order valence-corrected chi connectivity index (χ1v) is 13.3. The molecular formula is C30H35N7O2. The Labute approximate surface area is 229 Å². The van der Waals surface area contributed by atoms with Gasteiger partial charge in [0, 0.05) is 54.7 Å². The molecule has 39 heavy (non-hydrogen) atoms. The van der Waals surface area contributed by atoms with Crippen LogP contribution in [-0.4, -0.2) is 65.2 Å².